The largest absolute Gasteiger partial charge is 0.456 e. The minimum absolute atomic E-state index is 0.121. The van der Waals surface area contributed by atoms with Crippen molar-refractivity contribution in [3.8, 4) is 11.5 Å². The molecule has 0 atom stereocenters. The predicted molar refractivity (Wildman–Crippen MR) is 72.5 cm³/mol. The number of nitrogens with two attached hydrogens (primary N) is 1. The lowest BCUT2D eigenvalue weighted by Gasteiger charge is -2.08. The SMILES string of the molecule is NCc1ccc(Oc2ccc([N+](=O)[O-])c(F)c2)c(Cl)c1. The maximum Gasteiger partial charge on any atom is 0.305 e. The first-order valence-electron chi connectivity index (χ1n) is 5.61. The smallest absolute Gasteiger partial charge is 0.305 e. The summed E-state index contributed by atoms with van der Waals surface area (Å²) in [6, 6.07) is 8.23. The van der Waals surface area contributed by atoms with Gasteiger partial charge in [-0.05, 0) is 23.8 Å². The molecule has 0 fully saturated rings. The van der Waals surface area contributed by atoms with Crippen molar-refractivity contribution in [2.75, 3.05) is 0 Å². The van der Waals surface area contributed by atoms with Gasteiger partial charge in [0.1, 0.15) is 11.5 Å². The average Bonchev–Trinajstić information content (AvgIpc) is 2.40. The van der Waals surface area contributed by atoms with Gasteiger partial charge in [0.25, 0.3) is 0 Å². The highest BCUT2D eigenvalue weighted by Gasteiger charge is 2.15. The van der Waals surface area contributed by atoms with Crippen molar-refractivity contribution in [3.63, 3.8) is 0 Å². The van der Waals surface area contributed by atoms with Crippen molar-refractivity contribution < 1.29 is 14.1 Å². The van der Waals surface area contributed by atoms with Gasteiger partial charge < -0.3 is 10.5 Å². The third-order valence-electron chi connectivity index (χ3n) is 2.58. The lowest BCUT2D eigenvalue weighted by atomic mass is 10.2. The van der Waals surface area contributed by atoms with Gasteiger partial charge in [0.15, 0.2) is 0 Å². The molecule has 104 valence electrons. The molecular formula is C13H10ClFN2O3. The highest BCUT2D eigenvalue weighted by molar-refractivity contribution is 6.32. The minimum atomic E-state index is -0.970. The number of halogens is 2. The molecule has 7 heteroatoms. The van der Waals surface area contributed by atoms with E-state index in [9.17, 15) is 14.5 Å². The molecule has 0 aliphatic rings. The van der Waals surface area contributed by atoms with Gasteiger partial charge in [-0.2, -0.15) is 4.39 Å². The molecule has 2 rings (SSSR count). The summed E-state index contributed by atoms with van der Waals surface area (Å²) in [5, 5.41) is 10.8. The zero-order valence-electron chi connectivity index (χ0n) is 10.2. The van der Waals surface area contributed by atoms with Crippen LogP contribution in [0.5, 0.6) is 11.5 Å². The van der Waals surface area contributed by atoms with Gasteiger partial charge in [-0.1, -0.05) is 17.7 Å². The molecule has 0 bridgehead atoms. The molecule has 0 unspecified atom stereocenters. The van der Waals surface area contributed by atoms with Gasteiger partial charge in [-0.25, -0.2) is 0 Å². The standard InChI is InChI=1S/C13H10ClFN2O3/c14-10-5-8(7-16)1-4-13(10)20-9-2-3-12(17(18)19)11(15)6-9/h1-6H,7,16H2. The number of rotatable bonds is 4. The lowest BCUT2D eigenvalue weighted by molar-refractivity contribution is -0.387. The summed E-state index contributed by atoms with van der Waals surface area (Å²) in [6.45, 7) is 0.339. The second-order valence-corrected chi connectivity index (χ2v) is 4.35. The van der Waals surface area contributed by atoms with Crippen molar-refractivity contribution in [1.29, 1.82) is 0 Å². The molecule has 2 aromatic carbocycles. The van der Waals surface area contributed by atoms with Crippen LogP contribution in [0.1, 0.15) is 5.56 Å². The Morgan fingerprint density at radius 1 is 1.30 bits per heavy atom. The van der Waals surface area contributed by atoms with Crippen LogP contribution in [-0.2, 0) is 6.54 Å². The van der Waals surface area contributed by atoms with Crippen molar-refractivity contribution in [3.05, 3.63) is 62.9 Å². The van der Waals surface area contributed by atoms with Crippen LogP contribution in [0.4, 0.5) is 10.1 Å². The fourth-order valence-electron chi connectivity index (χ4n) is 1.58. The maximum absolute atomic E-state index is 13.5. The van der Waals surface area contributed by atoms with E-state index in [-0.39, 0.29) is 5.75 Å². The number of benzene rings is 2. The molecule has 20 heavy (non-hydrogen) atoms. The molecule has 0 saturated carbocycles. The summed E-state index contributed by atoms with van der Waals surface area (Å²) < 4.78 is 18.8. The monoisotopic (exact) mass is 296 g/mol. The van der Waals surface area contributed by atoms with E-state index in [0.29, 0.717) is 17.3 Å². The molecule has 0 aliphatic carbocycles. The van der Waals surface area contributed by atoms with Crippen LogP contribution in [0.3, 0.4) is 0 Å². The van der Waals surface area contributed by atoms with Crippen LogP contribution in [0, 0.1) is 15.9 Å². The Kier molecular flexibility index (Phi) is 4.16. The Hall–Kier alpha value is -2.18. The average molecular weight is 297 g/mol. The van der Waals surface area contributed by atoms with E-state index < -0.39 is 16.4 Å². The maximum atomic E-state index is 13.5. The molecule has 0 amide bonds. The Balaban J connectivity index is 2.26. The number of hydrogen-bond donors (Lipinski definition) is 1. The van der Waals surface area contributed by atoms with Crippen LogP contribution in [-0.4, -0.2) is 4.92 Å². The summed E-state index contributed by atoms with van der Waals surface area (Å²) in [6.07, 6.45) is 0. The number of nitro groups is 1. The molecule has 0 saturated heterocycles. The van der Waals surface area contributed by atoms with Crippen molar-refractivity contribution >= 4 is 17.3 Å². The quantitative estimate of drug-likeness (QED) is 0.690. The highest BCUT2D eigenvalue weighted by atomic mass is 35.5. The predicted octanol–water partition coefficient (Wildman–Crippen LogP) is 3.64. The molecule has 2 aromatic rings. The van der Waals surface area contributed by atoms with Gasteiger partial charge >= 0.3 is 5.69 Å². The summed E-state index contributed by atoms with van der Waals surface area (Å²) in [7, 11) is 0. The van der Waals surface area contributed by atoms with Crippen molar-refractivity contribution in [2.45, 2.75) is 6.54 Å². The first-order chi connectivity index (χ1) is 9.51. The van der Waals surface area contributed by atoms with Crippen molar-refractivity contribution in [1.82, 2.24) is 0 Å². The Bertz CT molecular complexity index is 664. The summed E-state index contributed by atoms with van der Waals surface area (Å²) in [5.74, 6) is -0.533. The molecule has 0 heterocycles. The molecule has 5 nitrogen and oxygen atoms in total. The third kappa shape index (κ3) is 3.04. The fraction of sp³-hybridized carbons (Fsp3) is 0.0769. The van der Waals surface area contributed by atoms with Crippen LogP contribution < -0.4 is 10.5 Å². The van der Waals surface area contributed by atoms with Crippen LogP contribution in [0.25, 0.3) is 0 Å². The van der Waals surface area contributed by atoms with E-state index in [2.05, 4.69) is 0 Å². The Morgan fingerprint density at radius 3 is 2.60 bits per heavy atom. The molecule has 0 aromatic heterocycles. The zero-order chi connectivity index (χ0) is 14.7. The van der Waals surface area contributed by atoms with Crippen molar-refractivity contribution in [2.24, 2.45) is 5.73 Å². The van der Waals surface area contributed by atoms with Gasteiger partial charge in [0, 0.05) is 18.7 Å². The number of ether oxygens (including phenoxy) is 1. The van der Waals surface area contributed by atoms with Gasteiger partial charge in [-0.15, -0.1) is 0 Å². The number of nitrogens with zero attached hydrogens (tertiary/aromatic N) is 1. The lowest BCUT2D eigenvalue weighted by Crippen LogP contribution is -1.96. The molecule has 2 N–H and O–H groups in total. The number of nitro benzene ring substituents is 1. The van der Waals surface area contributed by atoms with Gasteiger partial charge in [-0.3, -0.25) is 10.1 Å². The highest BCUT2D eigenvalue weighted by Crippen LogP contribution is 2.31. The summed E-state index contributed by atoms with van der Waals surface area (Å²) >= 11 is 6.00. The van der Waals surface area contributed by atoms with E-state index in [1.807, 2.05) is 0 Å². The topological polar surface area (TPSA) is 78.4 Å². The van der Waals surface area contributed by atoms with E-state index in [4.69, 9.17) is 22.1 Å². The second kappa shape index (κ2) is 5.85. The normalized spacial score (nSPS) is 10.3. The first kappa shape index (κ1) is 14.2. The molecule has 0 radical (unpaired) electrons. The second-order valence-electron chi connectivity index (χ2n) is 3.94. The summed E-state index contributed by atoms with van der Waals surface area (Å²) in [4.78, 5) is 9.70. The molecule has 0 spiro atoms. The van der Waals surface area contributed by atoms with Crippen LogP contribution >= 0.6 is 11.6 Å². The minimum Gasteiger partial charge on any atom is -0.456 e. The van der Waals surface area contributed by atoms with E-state index in [1.165, 1.54) is 6.07 Å². The molecule has 0 aliphatic heterocycles. The fourth-order valence-corrected chi connectivity index (χ4v) is 1.82. The summed E-state index contributed by atoms with van der Waals surface area (Å²) in [5.41, 5.74) is 5.69. The van der Waals surface area contributed by atoms with E-state index >= 15 is 0 Å². The van der Waals surface area contributed by atoms with Crippen LogP contribution in [0.15, 0.2) is 36.4 Å². The first-order valence-corrected chi connectivity index (χ1v) is 5.99. The zero-order valence-corrected chi connectivity index (χ0v) is 10.9. The Labute approximate surface area is 118 Å². The Morgan fingerprint density at radius 2 is 2.05 bits per heavy atom. The van der Waals surface area contributed by atoms with E-state index in [1.54, 1.807) is 18.2 Å². The van der Waals surface area contributed by atoms with Gasteiger partial charge in [0.2, 0.25) is 5.82 Å². The third-order valence-corrected chi connectivity index (χ3v) is 2.87. The van der Waals surface area contributed by atoms with E-state index in [0.717, 1.165) is 17.7 Å². The molecular weight excluding hydrogens is 287 g/mol. The van der Waals surface area contributed by atoms with Crippen LogP contribution in [0.2, 0.25) is 5.02 Å². The van der Waals surface area contributed by atoms with Gasteiger partial charge in [0.05, 0.1) is 9.95 Å². The number of hydrogen-bond acceptors (Lipinski definition) is 4.